The number of pyridine rings is 2. The van der Waals surface area contributed by atoms with Crippen molar-refractivity contribution < 1.29 is 14.3 Å². The zero-order valence-corrected chi connectivity index (χ0v) is 8.80. The van der Waals surface area contributed by atoms with E-state index in [9.17, 15) is 9.18 Å². The molecule has 0 aromatic carbocycles. The molecule has 1 N–H and O–H groups in total. The number of nitrogens with zero attached hydrogens (tertiary/aromatic N) is 2. The average Bonchev–Trinajstić information content (AvgIpc) is 2.32. The molecule has 0 saturated heterocycles. The van der Waals surface area contributed by atoms with E-state index in [1.165, 1.54) is 12.3 Å². The van der Waals surface area contributed by atoms with Crippen LogP contribution in [-0.2, 0) is 11.2 Å². The van der Waals surface area contributed by atoms with E-state index >= 15 is 0 Å². The van der Waals surface area contributed by atoms with Crippen LogP contribution in [0.3, 0.4) is 0 Å². The van der Waals surface area contributed by atoms with E-state index in [1.54, 1.807) is 24.5 Å². The second kappa shape index (κ2) is 4.69. The van der Waals surface area contributed by atoms with Crippen molar-refractivity contribution >= 4 is 5.97 Å². The van der Waals surface area contributed by atoms with E-state index < -0.39 is 11.9 Å². The monoisotopic (exact) mass is 232 g/mol. The minimum Gasteiger partial charge on any atom is -0.481 e. The largest absolute Gasteiger partial charge is 0.481 e. The number of carboxylic acid groups (broad SMARTS) is 1. The summed E-state index contributed by atoms with van der Waals surface area (Å²) < 4.78 is 13.3. The van der Waals surface area contributed by atoms with Crippen LogP contribution in [0.25, 0.3) is 11.1 Å². The third kappa shape index (κ3) is 2.63. The molecule has 0 amide bonds. The number of aromatic nitrogens is 2. The van der Waals surface area contributed by atoms with Gasteiger partial charge < -0.3 is 5.11 Å². The molecule has 0 spiro atoms. The lowest BCUT2D eigenvalue weighted by molar-refractivity contribution is -0.136. The first-order valence-corrected chi connectivity index (χ1v) is 4.93. The van der Waals surface area contributed by atoms with Crippen LogP contribution in [0.15, 0.2) is 36.8 Å². The number of rotatable bonds is 3. The summed E-state index contributed by atoms with van der Waals surface area (Å²) in [4.78, 5) is 18.0. The molecule has 2 aromatic rings. The molecule has 0 bridgehead atoms. The molecule has 0 fully saturated rings. The summed E-state index contributed by atoms with van der Waals surface area (Å²) in [7, 11) is 0. The highest BCUT2D eigenvalue weighted by molar-refractivity contribution is 5.71. The molecule has 2 heterocycles. The van der Waals surface area contributed by atoms with Gasteiger partial charge in [0.25, 0.3) is 0 Å². The molecule has 86 valence electrons. The second-order valence-electron chi connectivity index (χ2n) is 3.49. The fraction of sp³-hybridized carbons (Fsp3) is 0.0833. The van der Waals surface area contributed by atoms with Gasteiger partial charge >= 0.3 is 5.97 Å². The quantitative estimate of drug-likeness (QED) is 0.821. The minimum absolute atomic E-state index is 0.0684. The van der Waals surface area contributed by atoms with Crippen molar-refractivity contribution in [3.8, 4) is 11.1 Å². The third-order valence-electron chi connectivity index (χ3n) is 2.25. The normalized spacial score (nSPS) is 10.2. The first-order valence-electron chi connectivity index (χ1n) is 4.93. The Hall–Kier alpha value is -2.30. The fourth-order valence-corrected chi connectivity index (χ4v) is 1.47. The minimum atomic E-state index is -1.09. The van der Waals surface area contributed by atoms with Gasteiger partial charge in [-0.1, -0.05) is 6.07 Å². The molecular weight excluding hydrogens is 223 g/mol. The van der Waals surface area contributed by atoms with Crippen molar-refractivity contribution in [1.29, 1.82) is 0 Å². The lowest BCUT2D eigenvalue weighted by Gasteiger charge is -2.04. The summed E-state index contributed by atoms with van der Waals surface area (Å²) in [6, 6.07) is 5.02. The van der Waals surface area contributed by atoms with E-state index in [0.29, 0.717) is 5.56 Å². The Morgan fingerprint density at radius 2 is 2.18 bits per heavy atom. The van der Waals surface area contributed by atoms with Gasteiger partial charge in [0.05, 0.1) is 6.42 Å². The Morgan fingerprint density at radius 3 is 2.82 bits per heavy atom. The number of aliphatic carboxylic acids is 1. The first kappa shape index (κ1) is 11.2. The average molecular weight is 232 g/mol. The lowest BCUT2D eigenvalue weighted by atomic mass is 10.1. The third-order valence-corrected chi connectivity index (χ3v) is 2.25. The molecule has 0 atom stereocenters. The van der Waals surface area contributed by atoms with Gasteiger partial charge in [-0.3, -0.25) is 9.78 Å². The highest BCUT2D eigenvalue weighted by atomic mass is 19.1. The summed E-state index contributed by atoms with van der Waals surface area (Å²) >= 11 is 0. The number of hydrogen-bond acceptors (Lipinski definition) is 3. The zero-order chi connectivity index (χ0) is 12.3. The highest BCUT2D eigenvalue weighted by Gasteiger charge is 2.10. The maximum Gasteiger partial charge on any atom is 0.307 e. The molecule has 0 aliphatic carbocycles. The summed E-state index contributed by atoms with van der Waals surface area (Å²) in [6.07, 6.45) is 4.21. The number of hydrogen-bond donors (Lipinski definition) is 1. The molecule has 2 rings (SSSR count). The summed E-state index contributed by atoms with van der Waals surface area (Å²) in [5.41, 5.74) is 1.49. The van der Waals surface area contributed by atoms with E-state index in [-0.39, 0.29) is 12.0 Å². The van der Waals surface area contributed by atoms with Gasteiger partial charge in [0.15, 0.2) is 0 Å². The Kier molecular flexibility index (Phi) is 3.09. The van der Waals surface area contributed by atoms with Crippen molar-refractivity contribution in [2.24, 2.45) is 0 Å². The van der Waals surface area contributed by atoms with Crippen LogP contribution in [0.2, 0.25) is 0 Å². The summed E-state index contributed by atoms with van der Waals surface area (Å²) in [5, 5.41) is 8.65. The molecule has 0 saturated carbocycles. The van der Waals surface area contributed by atoms with Gasteiger partial charge in [-0.15, -0.1) is 0 Å². The van der Waals surface area contributed by atoms with Crippen molar-refractivity contribution in [2.75, 3.05) is 0 Å². The van der Waals surface area contributed by atoms with E-state index in [2.05, 4.69) is 9.97 Å². The summed E-state index contributed by atoms with van der Waals surface area (Å²) in [6.45, 7) is 0. The van der Waals surface area contributed by atoms with Crippen LogP contribution in [0.4, 0.5) is 4.39 Å². The Bertz CT molecular complexity index is 543. The molecule has 0 radical (unpaired) electrons. The number of halogens is 1. The molecule has 0 aliphatic heterocycles. The van der Waals surface area contributed by atoms with Gasteiger partial charge in [-0.05, 0) is 12.1 Å². The molecule has 17 heavy (non-hydrogen) atoms. The van der Waals surface area contributed by atoms with Crippen LogP contribution in [0, 0.1) is 5.95 Å². The van der Waals surface area contributed by atoms with Gasteiger partial charge in [0, 0.05) is 35.3 Å². The fourth-order valence-electron chi connectivity index (χ4n) is 1.47. The maximum atomic E-state index is 13.3. The zero-order valence-electron chi connectivity index (χ0n) is 8.80. The van der Waals surface area contributed by atoms with Crippen molar-refractivity contribution in [1.82, 2.24) is 9.97 Å². The van der Waals surface area contributed by atoms with Crippen LogP contribution in [0.1, 0.15) is 5.56 Å². The topological polar surface area (TPSA) is 63.1 Å². The van der Waals surface area contributed by atoms with E-state index in [1.807, 2.05) is 0 Å². The van der Waals surface area contributed by atoms with Crippen molar-refractivity contribution in [2.45, 2.75) is 6.42 Å². The number of carbonyl (C=O) groups is 1. The van der Waals surface area contributed by atoms with Crippen molar-refractivity contribution in [3.63, 3.8) is 0 Å². The number of carboxylic acids is 1. The molecular formula is C12H9FN2O2. The van der Waals surface area contributed by atoms with Gasteiger partial charge in [0.1, 0.15) is 0 Å². The lowest BCUT2D eigenvalue weighted by Crippen LogP contribution is -2.04. The molecule has 2 aromatic heterocycles. The van der Waals surface area contributed by atoms with Crippen LogP contribution in [-0.4, -0.2) is 21.0 Å². The van der Waals surface area contributed by atoms with Crippen molar-refractivity contribution in [3.05, 3.63) is 48.3 Å². The predicted octanol–water partition coefficient (Wildman–Crippen LogP) is 1.91. The SMILES string of the molecule is O=C(O)Cc1cc(-c2cccnc2)cnc1F. The van der Waals surface area contributed by atoms with Crippen LogP contribution >= 0.6 is 0 Å². The Labute approximate surface area is 96.8 Å². The molecule has 0 aliphatic rings. The smallest absolute Gasteiger partial charge is 0.307 e. The van der Waals surface area contributed by atoms with Gasteiger partial charge in [-0.25, -0.2) is 4.98 Å². The second-order valence-corrected chi connectivity index (χ2v) is 3.49. The van der Waals surface area contributed by atoms with E-state index in [0.717, 1.165) is 5.56 Å². The molecule has 4 nitrogen and oxygen atoms in total. The Morgan fingerprint density at radius 1 is 1.35 bits per heavy atom. The molecule has 0 unspecified atom stereocenters. The highest BCUT2D eigenvalue weighted by Crippen LogP contribution is 2.19. The maximum absolute atomic E-state index is 13.3. The van der Waals surface area contributed by atoms with Crippen LogP contribution in [0.5, 0.6) is 0 Å². The van der Waals surface area contributed by atoms with Gasteiger partial charge in [-0.2, -0.15) is 4.39 Å². The van der Waals surface area contributed by atoms with Crippen LogP contribution < -0.4 is 0 Å². The van der Waals surface area contributed by atoms with E-state index in [4.69, 9.17) is 5.11 Å². The molecule has 5 heteroatoms. The Balaban J connectivity index is 2.41. The summed E-state index contributed by atoms with van der Waals surface area (Å²) in [5.74, 6) is -1.84. The van der Waals surface area contributed by atoms with Gasteiger partial charge in [0.2, 0.25) is 5.95 Å². The standard InChI is InChI=1S/C12H9FN2O2/c13-12-9(5-11(16)17)4-10(7-15-12)8-2-1-3-14-6-8/h1-4,6-7H,5H2,(H,16,17). The first-order chi connectivity index (χ1) is 8.16. The predicted molar refractivity (Wildman–Crippen MR) is 58.8 cm³/mol.